The van der Waals surface area contributed by atoms with Crippen molar-refractivity contribution in [3.05, 3.63) is 0 Å². The molecular formula is C18H48Ge4. The van der Waals surface area contributed by atoms with Crippen LogP contribution in [-0.4, -0.2) is 57.4 Å². The predicted octanol–water partition coefficient (Wildman–Crippen LogP) is 7.82. The first-order valence-electron chi connectivity index (χ1n) is 9.36. The van der Waals surface area contributed by atoms with E-state index >= 15 is 0 Å². The van der Waals surface area contributed by atoms with E-state index in [4.69, 9.17) is 0 Å². The van der Waals surface area contributed by atoms with Crippen molar-refractivity contribution in [2.75, 3.05) is 0 Å². The Bertz CT molecular complexity index is 119. The maximum atomic E-state index is 2.34. The molecule has 0 aromatic rings. The van der Waals surface area contributed by atoms with Gasteiger partial charge in [-0.1, -0.05) is 0 Å². The molecule has 136 valence electrons. The van der Waals surface area contributed by atoms with E-state index in [1.807, 2.05) is 0 Å². The Morgan fingerprint density at radius 3 is 0.455 bits per heavy atom. The molecule has 0 bridgehead atoms. The summed E-state index contributed by atoms with van der Waals surface area (Å²) in [6, 6.07) is 0. The summed E-state index contributed by atoms with van der Waals surface area (Å²) in [4.78, 5) is 0. The van der Waals surface area contributed by atoms with E-state index in [1.54, 1.807) is 0 Å². The molecule has 0 spiro atoms. The summed E-state index contributed by atoms with van der Waals surface area (Å²) in [6.07, 6.45) is 0. The third-order valence-electron chi connectivity index (χ3n) is 3.00. The Morgan fingerprint density at radius 1 is 0.364 bits per heavy atom. The summed E-state index contributed by atoms with van der Waals surface area (Å²) < 4.78 is 0. The summed E-state index contributed by atoms with van der Waals surface area (Å²) in [7, 11) is 0. The van der Waals surface area contributed by atoms with Crippen LogP contribution in [0.3, 0.4) is 0 Å². The van der Waals surface area contributed by atoms with Crippen molar-refractivity contribution in [1.82, 2.24) is 0 Å². The fourth-order valence-electron chi connectivity index (χ4n) is 1.50. The van der Waals surface area contributed by atoms with Gasteiger partial charge in [0.05, 0.1) is 0 Å². The SMILES string of the molecule is C[CH2][Ge]([CH2]C)[CH2]C.C[CH2][Ge]([CH2]C)[CH2]C.[CH3][Ge]([CH3])[CH3].[CH3][Ge]([CH3])[CH3]. The van der Waals surface area contributed by atoms with Crippen molar-refractivity contribution in [2.24, 2.45) is 0 Å². The minimum atomic E-state index is -0.403. The average Bonchev–Trinajstić information content (AvgIpc) is 2.42. The molecule has 0 aliphatic heterocycles. The number of hydrogen-bond acceptors (Lipinski definition) is 0. The second kappa shape index (κ2) is 28.0. The quantitative estimate of drug-likeness (QED) is 0.294. The van der Waals surface area contributed by atoms with Crippen LogP contribution in [0.4, 0.5) is 0 Å². The monoisotopic (exact) mass is 560 g/mol. The molecule has 22 heavy (non-hydrogen) atoms. The summed E-state index contributed by atoms with van der Waals surface area (Å²) in [6.45, 7) is 14.0. The fourth-order valence-corrected chi connectivity index (χ4v) is 7.79. The zero-order valence-electron chi connectivity index (χ0n) is 18.2. The average molecular weight is 555 g/mol. The summed E-state index contributed by atoms with van der Waals surface area (Å²) in [5.41, 5.74) is 0. The summed E-state index contributed by atoms with van der Waals surface area (Å²) in [5, 5.41) is 9.12. The Kier molecular flexibility index (Phi) is 40.6. The molecule has 4 heteroatoms. The van der Waals surface area contributed by atoms with E-state index in [2.05, 4.69) is 76.1 Å². The van der Waals surface area contributed by atoms with Crippen LogP contribution in [0.15, 0.2) is 0 Å². The first-order valence-corrected chi connectivity index (χ1v) is 30.9. The first-order chi connectivity index (χ1) is 10.2. The molecule has 0 aromatic carbocycles. The van der Waals surface area contributed by atoms with E-state index < -0.39 is 28.7 Å². The van der Waals surface area contributed by atoms with Crippen LogP contribution >= 0.6 is 0 Å². The van der Waals surface area contributed by atoms with Crippen LogP contribution in [0.2, 0.25) is 66.1 Å². The normalized spacial score (nSPS) is 9.82. The summed E-state index contributed by atoms with van der Waals surface area (Å²) in [5.74, 6) is 14.0. The zero-order valence-corrected chi connectivity index (χ0v) is 26.6. The Hall–Kier alpha value is 2.17. The molecule has 0 saturated heterocycles. The molecule has 0 unspecified atom stereocenters. The van der Waals surface area contributed by atoms with Crippen LogP contribution in [0.5, 0.6) is 0 Å². The van der Waals surface area contributed by atoms with Crippen molar-refractivity contribution >= 4 is 57.4 Å². The van der Waals surface area contributed by atoms with Gasteiger partial charge in [0.25, 0.3) is 0 Å². The molecule has 0 heterocycles. The maximum absolute atomic E-state index is 2.34. The van der Waals surface area contributed by atoms with Crippen molar-refractivity contribution in [3.8, 4) is 0 Å². The Morgan fingerprint density at radius 2 is 0.455 bits per heavy atom. The number of hydrogen-bond donors (Lipinski definition) is 0. The minimum absolute atomic E-state index is 0.333. The van der Waals surface area contributed by atoms with E-state index in [0.717, 1.165) is 0 Å². The molecule has 0 aliphatic rings. The molecule has 0 atom stereocenters. The van der Waals surface area contributed by atoms with E-state index in [9.17, 15) is 0 Å². The molecule has 4 radical (unpaired) electrons. The van der Waals surface area contributed by atoms with Gasteiger partial charge in [-0.15, -0.1) is 0 Å². The van der Waals surface area contributed by atoms with Crippen molar-refractivity contribution in [1.29, 1.82) is 0 Å². The molecule has 0 amide bonds. The third kappa shape index (κ3) is 49.5. The van der Waals surface area contributed by atoms with Gasteiger partial charge in [-0.25, -0.2) is 0 Å². The van der Waals surface area contributed by atoms with Crippen molar-refractivity contribution < 1.29 is 0 Å². The van der Waals surface area contributed by atoms with Crippen LogP contribution in [0.1, 0.15) is 41.5 Å². The van der Waals surface area contributed by atoms with Crippen LogP contribution in [0.25, 0.3) is 0 Å². The van der Waals surface area contributed by atoms with Crippen LogP contribution in [0, 0.1) is 0 Å². The molecule has 0 rings (SSSR count). The van der Waals surface area contributed by atoms with Gasteiger partial charge >= 0.3 is 165 Å². The van der Waals surface area contributed by atoms with Gasteiger partial charge in [0, 0.05) is 0 Å². The Labute approximate surface area is 163 Å². The molecule has 0 nitrogen and oxygen atoms in total. The zero-order chi connectivity index (χ0) is 18.6. The molecule has 0 N–H and O–H groups in total. The standard InChI is InChI=1S/2C6H15Ge.2C3H9Ge/c2*1-4-7(5-2)6-3;2*1-4(2)3/h2*4-6H2,1-3H3;2*1-3H3. The van der Waals surface area contributed by atoms with Crippen molar-refractivity contribution in [2.45, 2.75) is 108 Å². The Balaban J connectivity index is -0.000000102. The van der Waals surface area contributed by atoms with Crippen molar-refractivity contribution in [3.63, 3.8) is 0 Å². The third-order valence-corrected chi connectivity index (χ3v) is 15.6. The van der Waals surface area contributed by atoms with E-state index in [-0.39, 0.29) is 28.7 Å². The first kappa shape index (κ1) is 31.9. The van der Waals surface area contributed by atoms with E-state index in [1.165, 1.54) is 31.5 Å². The molecule has 0 saturated carbocycles. The second-order valence-electron chi connectivity index (χ2n) is 6.62. The molecule has 0 aromatic heterocycles. The van der Waals surface area contributed by atoms with Gasteiger partial charge in [0.2, 0.25) is 0 Å². The van der Waals surface area contributed by atoms with E-state index in [0.29, 0.717) is 0 Å². The fraction of sp³-hybridized carbons (Fsp3) is 1.00. The van der Waals surface area contributed by atoms with Gasteiger partial charge in [0.15, 0.2) is 0 Å². The van der Waals surface area contributed by atoms with Crippen LogP contribution < -0.4 is 0 Å². The van der Waals surface area contributed by atoms with Gasteiger partial charge in [-0.3, -0.25) is 0 Å². The second-order valence-corrected chi connectivity index (χ2v) is 34.4. The van der Waals surface area contributed by atoms with Gasteiger partial charge in [0.1, 0.15) is 0 Å². The van der Waals surface area contributed by atoms with Gasteiger partial charge < -0.3 is 0 Å². The molecule has 0 fully saturated rings. The summed E-state index contributed by atoms with van der Waals surface area (Å²) >= 11 is -1.47. The van der Waals surface area contributed by atoms with Gasteiger partial charge in [-0.2, -0.15) is 0 Å². The van der Waals surface area contributed by atoms with Crippen LogP contribution in [-0.2, 0) is 0 Å². The molecule has 0 aliphatic carbocycles. The topological polar surface area (TPSA) is 0 Å². The predicted molar refractivity (Wildman–Crippen MR) is 121 cm³/mol. The number of rotatable bonds is 6. The van der Waals surface area contributed by atoms with Gasteiger partial charge in [-0.05, 0) is 0 Å². The molecular weight excluding hydrogens is 507 g/mol.